The van der Waals surface area contributed by atoms with Crippen LogP contribution < -0.4 is 11.1 Å². The Morgan fingerprint density at radius 1 is 1.44 bits per heavy atom. The zero-order chi connectivity index (χ0) is 12.5. The van der Waals surface area contributed by atoms with Gasteiger partial charge in [0.2, 0.25) is 0 Å². The molecule has 0 bridgehead atoms. The number of rotatable bonds is 3. The molecule has 1 aromatic heterocycles. The minimum Gasteiger partial charge on any atom is -0.397 e. The third kappa shape index (κ3) is 1.99. The van der Waals surface area contributed by atoms with E-state index in [1.54, 1.807) is 0 Å². The molecule has 3 N–H and O–H groups in total. The lowest BCUT2D eigenvalue weighted by molar-refractivity contribution is 0.315. The lowest BCUT2D eigenvalue weighted by Crippen LogP contribution is -2.19. The summed E-state index contributed by atoms with van der Waals surface area (Å²) in [5.74, 6) is 0.683. The summed E-state index contributed by atoms with van der Waals surface area (Å²) in [4.78, 5) is 2.35. The second-order valence-corrected chi connectivity index (χ2v) is 4.96. The van der Waals surface area contributed by atoms with Gasteiger partial charge in [-0.3, -0.25) is 0 Å². The van der Waals surface area contributed by atoms with Gasteiger partial charge in [-0.1, -0.05) is 0 Å². The van der Waals surface area contributed by atoms with Crippen LogP contribution in [0.2, 0.25) is 0 Å². The monoisotopic (exact) mass is 247 g/mol. The fourth-order valence-corrected chi connectivity index (χ4v) is 2.48. The molecule has 3 rings (SSSR count). The number of nitrogen functional groups attached to an aromatic ring is 1. The standard InChI is InChI=1S/C12H17N5O/c1-17-5-4-8(7-17)6-14-10-3-2-9(13)11-12(10)16-18-15-11/h2-3,8,14H,4-7,13H2,1H3. The van der Waals surface area contributed by atoms with Gasteiger partial charge in [0, 0.05) is 13.1 Å². The molecule has 0 aliphatic carbocycles. The lowest BCUT2D eigenvalue weighted by Gasteiger charge is -2.12. The number of likely N-dealkylation sites (tertiary alicyclic amines) is 1. The molecule has 1 saturated heterocycles. The maximum absolute atomic E-state index is 5.81. The van der Waals surface area contributed by atoms with Crippen molar-refractivity contribution in [1.82, 2.24) is 15.2 Å². The van der Waals surface area contributed by atoms with Crippen LogP contribution in [0.5, 0.6) is 0 Å². The maximum atomic E-state index is 5.81. The number of anilines is 2. The Bertz CT molecular complexity index is 552. The third-order valence-corrected chi connectivity index (χ3v) is 3.52. The average molecular weight is 247 g/mol. The van der Waals surface area contributed by atoms with Gasteiger partial charge in [-0.05, 0) is 48.4 Å². The summed E-state index contributed by atoms with van der Waals surface area (Å²) in [6.07, 6.45) is 1.23. The van der Waals surface area contributed by atoms with Crippen molar-refractivity contribution >= 4 is 22.4 Å². The van der Waals surface area contributed by atoms with E-state index in [4.69, 9.17) is 10.4 Å². The first-order valence-electron chi connectivity index (χ1n) is 6.17. The molecule has 2 heterocycles. The summed E-state index contributed by atoms with van der Waals surface area (Å²) in [6.45, 7) is 3.26. The first-order chi connectivity index (χ1) is 8.74. The fourth-order valence-electron chi connectivity index (χ4n) is 2.48. The van der Waals surface area contributed by atoms with Crippen molar-refractivity contribution in [3.8, 4) is 0 Å². The number of hydrogen-bond acceptors (Lipinski definition) is 6. The number of aromatic nitrogens is 2. The molecular formula is C12H17N5O. The zero-order valence-electron chi connectivity index (χ0n) is 10.4. The molecule has 18 heavy (non-hydrogen) atoms. The molecule has 1 aliphatic rings. The Labute approximate surface area is 105 Å². The van der Waals surface area contributed by atoms with Gasteiger partial charge in [-0.2, -0.15) is 0 Å². The van der Waals surface area contributed by atoms with Gasteiger partial charge >= 0.3 is 0 Å². The molecule has 1 atom stereocenters. The Hall–Kier alpha value is -1.82. The number of nitrogens with one attached hydrogen (secondary N) is 1. The van der Waals surface area contributed by atoms with Gasteiger partial charge in [-0.25, -0.2) is 4.63 Å². The Balaban J connectivity index is 1.75. The van der Waals surface area contributed by atoms with Gasteiger partial charge in [0.1, 0.15) is 0 Å². The van der Waals surface area contributed by atoms with Crippen molar-refractivity contribution in [2.45, 2.75) is 6.42 Å². The van der Waals surface area contributed by atoms with Crippen LogP contribution in [0.1, 0.15) is 6.42 Å². The van der Waals surface area contributed by atoms with E-state index in [1.807, 2.05) is 12.1 Å². The summed E-state index contributed by atoms with van der Waals surface area (Å²) in [6, 6.07) is 3.76. The van der Waals surface area contributed by atoms with Crippen LogP contribution in [-0.2, 0) is 0 Å². The van der Waals surface area contributed by atoms with Crippen LogP contribution in [0.25, 0.3) is 11.0 Å². The van der Waals surface area contributed by atoms with Crippen LogP contribution in [0.15, 0.2) is 16.8 Å². The number of benzene rings is 1. The largest absolute Gasteiger partial charge is 0.397 e. The fraction of sp³-hybridized carbons (Fsp3) is 0.500. The molecule has 1 fully saturated rings. The SMILES string of the molecule is CN1CCC(CNc2ccc(N)c3nonc23)C1. The number of hydrogen-bond donors (Lipinski definition) is 2. The highest BCUT2D eigenvalue weighted by Gasteiger charge is 2.19. The summed E-state index contributed by atoms with van der Waals surface area (Å²) in [5.41, 5.74) is 8.68. The number of nitrogens with two attached hydrogens (primary N) is 1. The van der Waals surface area contributed by atoms with E-state index in [-0.39, 0.29) is 0 Å². The first-order valence-corrected chi connectivity index (χ1v) is 6.17. The summed E-state index contributed by atoms with van der Waals surface area (Å²) < 4.78 is 4.75. The first kappa shape index (κ1) is 11.3. The summed E-state index contributed by atoms with van der Waals surface area (Å²) in [5, 5.41) is 11.1. The van der Waals surface area contributed by atoms with E-state index in [2.05, 4.69) is 27.6 Å². The molecule has 1 unspecified atom stereocenters. The lowest BCUT2D eigenvalue weighted by atomic mass is 10.1. The molecule has 0 radical (unpaired) electrons. The highest BCUT2D eigenvalue weighted by Crippen LogP contribution is 2.25. The molecule has 2 aromatic rings. The molecule has 0 amide bonds. The topological polar surface area (TPSA) is 80.2 Å². The van der Waals surface area contributed by atoms with Gasteiger partial charge in [0.25, 0.3) is 0 Å². The van der Waals surface area contributed by atoms with Crippen molar-refractivity contribution in [3.63, 3.8) is 0 Å². The molecule has 0 saturated carbocycles. The van der Waals surface area contributed by atoms with E-state index < -0.39 is 0 Å². The second kappa shape index (κ2) is 4.45. The van der Waals surface area contributed by atoms with Crippen molar-refractivity contribution < 1.29 is 4.63 Å². The predicted octanol–water partition coefficient (Wildman–Crippen LogP) is 1.17. The third-order valence-electron chi connectivity index (χ3n) is 3.52. The van der Waals surface area contributed by atoms with Crippen molar-refractivity contribution in [2.75, 3.05) is 37.7 Å². The van der Waals surface area contributed by atoms with Crippen LogP contribution in [-0.4, -0.2) is 41.9 Å². The van der Waals surface area contributed by atoms with Gasteiger partial charge in [0.15, 0.2) is 11.0 Å². The quantitative estimate of drug-likeness (QED) is 0.792. The molecule has 96 valence electrons. The predicted molar refractivity (Wildman–Crippen MR) is 70.3 cm³/mol. The molecular weight excluding hydrogens is 230 g/mol. The van der Waals surface area contributed by atoms with Crippen molar-refractivity contribution in [2.24, 2.45) is 5.92 Å². The summed E-state index contributed by atoms with van der Waals surface area (Å²) >= 11 is 0. The van der Waals surface area contributed by atoms with Crippen LogP contribution in [0, 0.1) is 5.92 Å². The molecule has 0 spiro atoms. The highest BCUT2D eigenvalue weighted by molar-refractivity contribution is 5.94. The second-order valence-electron chi connectivity index (χ2n) is 4.96. The molecule has 1 aromatic carbocycles. The minimum atomic E-state index is 0.595. The van der Waals surface area contributed by atoms with Crippen molar-refractivity contribution in [1.29, 1.82) is 0 Å². The van der Waals surface area contributed by atoms with Gasteiger partial charge < -0.3 is 16.0 Å². The van der Waals surface area contributed by atoms with Crippen LogP contribution in [0.4, 0.5) is 11.4 Å². The zero-order valence-corrected chi connectivity index (χ0v) is 10.4. The molecule has 6 heteroatoms. The van der Waals surface area contributed by atoms with E-state index >= 15 is 0 Å². The Kier molecular flexibility index (Phi) is 2.79. The van der Waals surface area contributed by atoms with Gasteiger partial charge in [-0.15, -0.1) is 0 Å². The average Bonchev–Trinajstić information content (AvgIpc) is 2.98. The van der Waals surface area contributed by atoms with Crippen LogP contribution in [0.3, 0.4) is 0 Å². The Morgan fingerprint density at radius 2 is 2.28 bits per heavy atom. The van der Waals surface area contributed by atoms with E-state index in [0.29, 0.717) is 22.6 Å². The smallest absolute Gasteiger partial charge is 0.160 e. The van der Waals surface area contributed by atoms with Gasteiger partial charge in [0.05, 0.1) is 11.4 Å². The maximum Gasteiger partial charge on any atom is 0.160 e. The van der Waals surface area contributed by atoms with E-state index in [1.165, 1.54) is 13.0 Å². The Morgan fingerprint density at radius 3 is 3.06 bits per heavy atom. The van der Waals surface area contributed by atoms with Crippen molar-refractivity contribution in [3.05, 3.63) is 12.1 Å². The summed E-state index contributed by atoms with van der Waals surface area (Å²) in [7, 11) is 2.16. The highest BCUT2D eigenvalue weighted by atomic mass is 16.6. The normalized spacial score (nSPS) is 20.6. The van der Waals surface area contributed by atoms with E-state index in [9.17, 15) is 0 Å². The minimum absolute atomic E-state index is 0.595. The van der Waals surface area contributed by atoms with Crippen LogP contribution >= 0.6 is 0 Å². The number of fused-ring (bicyclic) bond motifs is 1. The van der Waals surface area contributed by atoms with E-state index in [0.717, 1.165) is 18.8 Å². The number of nitrogens with zero attached hydrogens (tertiary/aromatic N) is 3. The molecule has 1 aliphatic heterocycles. The molecule has 6 nitrogen and oxygen atoms in total.